The largest absolute Gasteiger partial charge is 0.495 e. The molecule has 0 aliphatic heterocycles. The van der Waals surface area contributed by atoms with Crippen LogP contribution in [0, 0.1) is 5.82 Å². The van der Waals surface area contributed by atoms with Crippen LogP contribution >= 0.6 is 0 Å². The Morgan fingerprint density at radius 3 is 2.79 bits per heavy atom. The van der Waals surface area contributed by atoms with Gasteiger partial charge in [-0.15, -0.1) is 0 Å². The Balaban J connectivity index is 1.98. The van der Waals surface area contributed by atoms with Crippen molar-refractivity contribution in [2.24, 2.45) is 0 Å². The number of hydrogen-bond donors (Lipinski definition) is 2. The molecule has 0 spiro atoms. The number of ether oxygens (including phenoxy) is 1. The van der Waals surface area contributed by atoms with E-state index in [9.17, 15) is 4.39 Å². The average molecular weight is 267 g/mol. The molecule has 0 aromatic heterocycles. The Hall–Kier alpha value is -1.49. The zero-order chi connectivity index (χ0) is 14.0. The van der Waals surface area contributed by atoms with Gasteiger partial charge in [0.2, 0.25) is 0 Å². The van der Waals surface area contributed by atoms with Crippen LogP contribution in [0.1, 0.15) is 19.8 Å². The van der Waals surface area contributed by atoms with E-state index in [-0.39, 0.29) is 5.82 Å². The van der Waals surface area contributed by atoms with Crippen molar-refractivity contribution >= 4 is 11.4 Å². The minimum Gasteiger partial charge on any atom is -0.495 e. The molecule has 0 radical (unpaired) electrons. The second kappa shape index (κ2) is 5.65. The second-order valence-corrected chi connectivity index (χ2v) is 5.20. The zero-order valence-electron chi connectivity index (χ0n) is 11.7. The lowest BCUT2D eigenvalue weighted by Crippen LogP contribution is -2.36. The summed E-state index contributed by atoms with van der Waals surface area (Å²) in [5.74, 6) is 0.145. The summed E-state index contributed by atoms with van der Waals surface area (Å²) >= 11 is 0. The number of benzene rings is 1. The molecule has 106 valence electrons. The summed E-state index contributed by atoms with van der Waals surface area (Å²) in [6, 6.07) is 3.95. The molecule has 1 atom stereocenters. The van der Waals surface area contributed by atoms with Gasteiger partial charge in [-0.25, -0.2) is 4.39 Å². The first kappa shape index (κ1) is 13.9. The van der Waals surface area contributed by atoms with Gasteiger partial charge in [-0.3, -0.25) is 4.90 Å². The number of nitrogens with one attached hydrogen (secondary N) is 1. The fourth-order valence-corrected chi connectivity index (χ4v) is 2.12. The van der Waals surface area contributed by atoms with Crippen molar-refractivity contribution in [3.8, 4) is 5.75 Å². The summed E-state index contributed by atoms with van der Waals surface area (Å²) in [6.45, 7) is 2.83. The summed E-state index contributed by atoms with van der Waals surface area (Å²) in [5.41, 5.74) is 6.40. The smallest absolute Gasteiger partial charge is 0.148 e. The number of methoxy groups -OCH3 is 1. The van der Waals surface area contributed by atoms with Crippen molar-refractivity contribution in [3.63, 3.8) is 0 Å². The molecule has 1 unspecified atom stereocenters. The van der Waals surface area contributed by atoms with Crippen molar-refractivity contribution < 1.29 is 9.13 Å². The van der Waals surface area contributed by atoms with E-state index >= 15 is 0 Å². The highest BCUT2D eigenvalue weighted by atomic mass is 19.1. The molecule has 1 aliphatic carbocycles. The Labute approximate surface area is 113 Å². The molecule has 1 saturated carbocycles. The van der Waals surface area contributed by atoms with Crippen LogP contribution in [-0.4, -0.2) is 37.7 Å². The predicted octanol–water partition coefficient (Wildman–Crippen LogP) is 2.31. The van der Waals surface area contributed by atoms with Crippen LogP contribution in [0.3, 0.4) is 0 Å². The van der Waals surface area contributed by atoms with Crippen LogP contribution in [0.25, 0.3) is 0 Å². The molecule has 4 nitrogen and oxygen atoms in total. The minimum atomic E-state index is -0.348. The highest BCUT2D eigenvalue weighted by Gasteiger charge is 2.28. The van der Waals surface area contributed by atoms with Crippen LogP contribution in [0.2, 0.25) is 0 Å². The second-order valence-electron chi connectivity index (χ2n) is 5.20. The Kier molecular flexibility index (Phi) is 4.14. The fraction of sp³-hybridized carbons (Fsp3) is 0.571. The normalized spacial score (nSPS) is 16.5. The molecule has 0 saturated heterocycles. The molecule has 2 rings (SSSR count). The quantitative estimate of drug-likeness (QED) is 0.777. The van der Waals surface area contributed by atoms with E-state index < -0.39 is 0 Å². The van der Waals surface area contributed by atoms with Crippen LogP contribution in [-0.2, 0) is 0 Å². The number of likely N-dealkylation sites (N-methyl/N-ethyl adjacent to an activating group) is 1. The number of nitrogens with two attached hydrogens (primary N) is 1. The van der Waals surface area contributed by atoms with E-state index in [0.29, 0.717) is 35.8 Å². The van der Waals surface area contributed by atoms with E-state index in [0.717, 1.165) is 0 Å². The van der Waals surface area contributed by atoms with Gasteiger partial charge in [-0.1, -0.05) is 0 Å². The first-order chi connectivity index (χ1) is 9.02. The highest BCUT2D eigenvalue weighted by molar-refractivity contribution is 5.62. The van der Waals surface area contributed by atoms with Crippen molar-refractivity contribution in [2.75, 3.05) is 31.8 Å². The molecule has 1 aromatic rings. The lowest BCUT2D eigenvalue weighted by atomic mass is 10.2. The van der Waals surface area contributed by atoms with Gasteiger partial charge in [0.1, 0.15) is 11.6 Å². The van der Waals surface area contributed by atoms with E-state index in [1.165, 1.54) is 26.0 Å². The molecule has 3 N–H and O–H groups in total. The molecule has 5 heteroatoms. The predicted molar refractivity (Wildman–Crippen MR) is 76.1 cm³/mol. The van der Waals surface area contributed by atoms with Gasteiger partial charge >= 0.3 is 0 Å². The van der Waals surface area contributed by atoms with Crippen LogP contribution in [0.4, 0.5) is 15.8 Å². The van der Waals surface area contributed by atoms with E-state index in [1.54, 1.807) is 6.07 Å². The summed E-state index contributed by atoms with van der Waals surface area (Å²) in [5, 5.41) is 3.13. The Morgan fingerprint density at radius 2 is 2.21 bits per heavy atom. The molecule has 0 amide bonds. The third-order valence-electron chi connectivity index (χ3n) is 3.73. The van der Waals surface area contributed by atoms with Gasteiger partial charge in [0.15, 0.2) is 0 Å². The number of halogens is 1. The maximum atomic E-state index is 13.8. The average Bonchev–Trinajstić information content (AvgIpc) is 3.20. The van der Waals surface area contributed by atoms with Crippen LogP contribution in [0.15, 0.2) is 12.1 Å². The van der Waals surface area contributed by atoms with Gasteiger partial charge in [-0.2, -0.15) is 0 Å². The number of anilines is 2. The van der Waals surface area contributed by atoms with Gasteiger partial charge in [0.25, 0.3) is 0 Å². The summed E-state index contributed by atoms with van der Waals surface area (Å²) in [4.78, 5) is 2.33. The number of hydrogen-bond acceptors (Lipinski definition) is 4. The van der Waals surface area contributed by atoms with Crippen molar-refractivity contribution in [1.82, 2.24) is 4.90 Å². The summed E-state index contributed by atoms with van der Waals surface area (Å²) in [6.07, 6.45) is 2.54. The Morgan fingerprint density at radius 1 is 1.53 bits per heavy atom. The standard InChI is InChI=1S/C14H22FN3O/c1-9(18(2)10-4-5-10)8-17-13-7-14(19-3)12(16)6-11(13)15/h6-7,9-10,17H,4-5,8,16H2,1-3H3. The van der Waals surface area contributed by atoms with Crippen molar-refractivity contribution in [3.05, 3.63) is 17.9 Å². The molecular formula is C14H22FN3O. The van der Waals surface area contributed by atoms with Crippen molar-refractivity contribution in [1.29, 1.82) is 0 Å². The maximum absolute atomic E-state index is 13.8. The van der Waals surface area contributed by atoms with Gasteiger partial charge in [-0.05, 0) is 26.8 Å². The maximum Gasteiger partial charge on any atom is 0.148 e. The third-order valence-corrected chi connectivity index (χ3v) is 3.73. The first-order valence-corrected chi connectivity index (χ1v) is 6.61. The first-order valence-electron chi connectivity index (χ1n) is 6.61. The van der Waals surface area contributed by atoms with E-state index in [1.807, 2.05) is 0 Å². The van der Waals surface area contributed by atoms with E-state index in [4.69, 9.17) is 10.5 Å². The van der Waals surface area contributed by atoms with Gasteiger partial charge in [0.05, 0.1) is 18.5 Å². The molecule has 1 fully saturated rings. The summed E-state index contributed by atoms with van der Waals surface area (Å²) in [7, 11) is 3.64. The molecule has 1 aromatic carbocycles. The lowest BCUT2D eigenvalue weighted by Gasteiger charge is -2.25. The fourth-order valence-electron chi connectivity index (χ4n) is 2.12. The monoisotopic (exact) mass is 267 g/mol. The van der Waals surface area contributed by atoms with Gasteiger partial charge < -0.3 is 15.8 Å². The van der Waals surface area contributed by atoms with E-state index in [2.05, 4.69) is 24.2 Å². The van der Waals surface area contributed by atoms with Crippen LogP contribution in [0.5, 0.6) is 5.75 Å². The highest BCUT2D eigenvalue weighted by Crippen LogP contribution is 2.29. The molecule has 1 aliphatic rings. The zero-order valence-corrected chi connectivity index (χ0v) is 11.7. The van der Waals surface area contributed by atoms with Crippen LogP contribution < -0.4 is 15.8 Å². The minimum absolute atomic E-state index is 0.314. The summed E-state index contributed by atoms with van der Waals surface area (Å²) < 4.78 is 18.9. The number of nitrogen functional groups attached to an aromatic ring is 1. The van der Waals surface area contributed by atoms with Crippen molar-refractivity contribution in [2.45, 2.75) is 31.8 Å². The number of rotatable bonds is 6. The molecule has 0 heterocycles. The molecule has 19 heavy (non-hydrogen) atoms. The Bertz CT molecular complexity index is 449. The lowest BCUT2D eigenvalue weighted by molar-refractivity contribution is 0.257. The molecular weight excluding hydrogens is 245 g/mol. The van der Waals surface area contributed by atoms with Gasteiger partial charge in [0, 0.05) is 30.8 Å². The topological polar surface area (TPSA) is 50.5 Å². The third kappa shape index (κ3) is 3.29. The SMILES string of the molecule is COc1cc(NCC(C)N(C)C2CC2)c(F)cc1N. The number of nitrogens with zero attached hydrogens (tertiary/aromatic N) is 1. The molecule has 0 bridgehead atoms.